The molecule has 1 N–H and O–H groups in total. The molecule has 0 radical (unpaired) electrons. The molecule has 0 aliphatic carbocycles. The zero-order valence-electron chi connectivity index (χ0n) is 7.45. The van der Waals surface area contributed by atoms with E-state index in [2.05, 4.69) is 0 Å². The van der Waals surface area contributed by atoms with Crippen molar-refractivity contribution in [2.75, 3.05) is 0 Å². The van der Waals surface area contributed by atoms with Crippen molar-refractivity contribution in [3.8, 4) is 5.75 Å². The molecule has 0 saturated carbocycles. The van der Waals surface area contributed by atoms with Gasteiger partial charge in [0.05, 0.1) is 11.6 Å². The Hall–Kier alpha value is -1.66. The summed E-state index contributed by atoms with van der Waals surface area (Å²) in [7, 11) is 0. The van der Waals surface area contributed by atoms with Gasteiger partial charge in [0.15, 0.2) is 0 Å². The number of alkyl halides is 3. The van der Waals surface area contributed by atoms with Crippen LogP contribution in [0, 0.1) is 11.6 Å². The highest BCUT2D eigenvalue weighted by atomic mass is 19.4. The van der Waals surface area contributed by atoms with Crippen molar-refractivity contribution in [2.45, 2.75) is 6.18 Å². The summed E-state index contributed by atoms with van der Waals surface area (Å²) < 4.78 is 73.8. The first kappa shape index (κ1) is 12.4. The first-order valence-corrected chi connectivity index (χ1v) is 3.84. The van der Waals surface area contributed by atoms with Gasteiger partial charge in [-0.3, -0.25) is 0 Å². The zero-order chi connectivity index (χ0) is 12.5. The number of benzene rings is 1. The lowest BCUT2D eigenvalue weighted by Crippen LogP contribution is -2.03. The number of halogens is 6. The lowest BCUT2D eigenvalue weighted by molar-refractivity contribution is -0.0798. The molecule has 0 unspecified atom stereocenters. The summed E-state index contributed by atoms with van der Waals surface area (Å²) in [5.74, 6) is -6.17. The largest absolute Gasteiger partial charge is 0.508 e. The Morgan fingerprint density at radius 1 is 1.12 bits per heavy atom. The van der Waals surface area contributed by atoms with Crippen molar-refractivity contribution in [3.05, 3.63) is 35.4 Å². The fraction of sp³-hybridized carbons (Fsp3) is 0.111. The van der Waals surface area contributed by atoms with Crippen LogP contribution in [0.3, 0.4) is 0 Å². The standard InChI is InChI=1S/C9H4F6O/c10-5-1-4(16)2-6(11)8(5)7(12)3-9(13,14)15/h1-3,16H/b7-3-. The van der Waals surface area contributed by atoms with Crippen molar-refractivity contribution < 1.29 is 31.4 Å². The molecular formula is C9H4F6O. The molecule has 0 bridgehead atoms. The van der Waals surface area contributed by atoms with E-state index >= 15 is 0 Å². The number of hydrogen-bond donors (Lipinski definition) is 1. The van der Waals surface area contributed by atoms with Gasteiger partial charge in [-0.2, -0.15) is 13.2 Å². The molecule has 88 valence electrons. The monoisotopic (exact) mass is 242 g/mol. The fourth-order valence-electron chi connectivity index (χ4n) is 1.00. The first-order chi connectivity index (χ1) is 7.20. The number of phenols is 1. The molecule has 0 fully saturated rings. The molecule has 1 rings (SSSR count). The van der Waals surface area contributed by atoms with Gasteiger partial charge in [-0.05, 0) is 0 Å². The maximum Gasteiger partial charge on any atom is 0.412 e. The Bertz CT molecular complexity index is 411. The second-order valence-electron chi connectivity index (χ2n) is 2.82. The van der Waals surface area contributed by atoms with Gasteiger partial charge in [0.2, 0.25) is 0 Å². The highest BCUT2D eigenvalue weighted by molar-refractivity contribution is 5.61. The minimum atomic E-state index is -5.03. The molecule has 0 aliphatic heterocycles. The number of allylic oxidation sites excluding steroid dienone is 1. The molecule has 0 atom stereocenters. The van der Waals surface area contributed by atoms with Crippen molar-refractivity contribution in [1.82, 2.24) is 0 Å². The number of rotatable bonds is 1. The van der Waals surface area contributed by atoms with Crippen molar-refractivity contribution in [3.63, 3.8) is 0 Å². The van der Waals surface area contributed by atoms with Gasteiger partial charge in [0.1, 0.15) is 23.2 Å². The van der Waals surface area contributed by atoms with Crippen LogP contribution in [0.2, 0.25) is 0 Å². The maximum absolute atomic E-state index is 12.9. The van der Waals surface area contributed by atoms with Crippen LogP contribution in [0.25, 0.3) is 5.83 Å². The van der Waals surface area contributed by atoms with Gasteiger partial charge in [-0.15, -0.1) is 0 Å². The number of hydrogen-bond acceptors (Lipinski definition) is 1. The van der Waals surface area contributed by atoms with E-state index in [-0.39, 0.29) is 0 Å². The quantitative estimate of drug-likeness (QED) is 0.746. The van der Waals surface area contributed by atoms with Gasteiger partial charge in [0.25, 0.3) is 0 Å². The van der Waals surface area contributed by atoms with Crippen LogP contribution in [-0.2, 0) is 0 Å². The van der Waals surface area contributed by atoms with Crippen molar-refractivity contribution >= 4 is 5.83 Å². The van der Waals surface area contributed by atoms with Crippen LogP contribution in [0.15, 0.2) is 18.2 Å². The van der Waals surface area contributed by atoms with E-state index in [1.807, 2.05) is 0 Å². The third kappa shape index (κ3) is 2.91. The fourth-order valence-corrected chi connectivity index (χ4v) is 1.00. The third-order valence-corrected chi connectivity index (χ3v) is 1.56. The summed E-state index contributed by atoms with van der Waals surface area (Å²) in [6.45, 7) is 0. The smallest absolute Gasteiger partial charge is 0.412 e. The Morgan fingerprint density at radius 2 is 1.56 bits per heavy atom. The summed E-state index contributed by atoms with van der Waals surface area (Å²) in [5, 5.41) is 8.69. The van der Waals surface area contributed by atoms with Crippen LogP contribution < -0.4 is 0 Å². The van der Waals surface area contributed by atoms with Crippen LogP contribution >= 0.6 is 0 Å². The van der Waals surface area contributed by atoms with Gasteiger partial charge in [-0.1, -0.05) is 0 Å². The lowest BCUT2D eigenvalue weighted by Gasteiger charge is -2.05. The van der Waals surface area contributed by atoms with Crippen LogP contribution in [0.5, 0.6) is 5.75 Å². The van der Waals surface area contributed by atoms with Crippen LogP contribution in [0.1, 0.15) is 5.56 Å². The normalized spacial score (nSPS) is 13.0. The summed E-state index contributed by atoms with van der Waals surface area (Å²) in [4.78, 5) is 0. The van der Waals surface area contributed by atoms with Crippen LogP contribution in [0.4, 0.5) is 26.3 Å². The predicted molar refractivity (Wildman–Crippen MR) is 43.2 cm³/mol. The summed E-state index contributed by atoms with van der Waals surface area (Å²) in [6.07, 6.45) is -5.90. The Labute approximate surface area is 85.6 Å². The topological polar surface area (TPSA) is 20.2 Å². The zero-order valence-corrected chi connectivity index (χ0v) is 7.45. The molecule has 1 aromatic rings. The van der Waals surface area contributed by atoms with E-state index in [4.69, 9.17) is 5.11 Å². The Kier molecular flexibility index (Phi) is 3.16. The van der Waals surface area contributed by atoms with Crippen LogP contribution in [-0.4, -0.2) is 11.3 Å². The first-order valence-electron chi connectivity index (χ1n) is 3.84. The highest BCUT2D eigenvalue weighted by Gasteiger charge is 2.27. The average Bonchev–Trinajstić information content (AvgIpc) is 1.96. The molecule has 1 nitrogen and oxygen atoms in total. The Morgan fingerprint density at radius 3 is 1.94 bits per heavy atom. The van der Waals surface area contributed by atoms with Gasteiger partial charge >= 0.3 is 6.18 Å². The lowest BCUT2D eigenvalue weighted by atomic mass is 10.1. The molecule has 0 heterocycles. The van der Waals surface area contributed by atoms with E-state index in [0.29, 0.717) is 12.1 Å². The third-order valence-electron chi connectivity index (χ3n) is 1.56. The summed E-state index contributed by atoms with van der Waals surface area (Å²) in [5.41, 5.74) is -1.46. The Balaban J connectivity index is 3.29. The van der Waals surface area contributed by atoms with Crippen molar-refractivity contribution in [1.29, 1.82) is 0 Å². The molecule has 0 amide bonds. The number of aromatic hydroxyl groups is 1. The van der Waals surface area contributed by atoms with Crippen molar-refractivity contribution in [2.24, 2.45) is 0 Å². The van der Waals surface area contributed by atoms with E-state index in [1.54, 1.807) is 0 Å². The predicted octanol–water partition coefficient (Wildman–Crippen LogP) is 3.54. The van der Waals surface area contributed by atoms with Gasteiger partial charge in [-0.25, -0.2) is 13.2 Å². The minimum Gasteiger partial charge on any atom is -0.508 e. The summed E-state index contributed by atoms with van der Waals surface area (Å²) in [6, 6.07) is 0.615. The molecular weight excluding hydrogens is 238 g/mol. The van der Waals surface area contributed by atoms with E-state index in [0.717, 1.165) is 0 Å². The minimum absolute atomic E-state index is 0.308. The molecule has 0 aliphatic rings. The summed E-state index contributed by atoms with van der Waals surface area (Å²) >= 11 is 0. The van der Waals surface area contributed by atoms with E-state index in [9.17, 15) is 26.3 Å². The molecule has 0 spiro atoms. The second kappa shape index (κ2) is 4.07. The number of phenolic OH excluding ortho intramolecular Hbond substituents is 1. The molecule has 16 heavy (non-hydrogen) atoms. The molecule has 0 aromatic heterocycles. The average molecular weight is 242 g/mol. The molecule has 1 aromatic carbocycles. The maximum atomic E-state index is 12.9. The molecule has 0 saturated heterocycles. The molecule has 7 heteroatoms. The second-order valence-corrected chi connectivity index (χ2v) is 2.82. The highest BCUT2D eigenvalue weighted by Crippen LogP contribution is 2.30. The van der Waals surface area contributed by atoms with Gasteiger partial charge in [0, 0.05) is 12.1 Å². The van der Waals surface area contributed by atoms with E-state index < -0.39 is 41.0 Å². The SMILES string of the molecule is Oc1cc(F)c(/C(F)=C/C(F)(F)F)c(F)c1. The van der Waals surface area contributed by atoms with Gasteiger partial charge < -0.3 is 5.11 Å². The van der Waals surface area contributed by atoms with E-state index in [1.165, 1.54) is 0 Å².